The molecule has 0 saturated carbocycles. The van der Waals surface area contributed by atoms with Gasteiger partial charge in [0.25, 0.3) is 0 Å². The normalized spacial score (nSPS) is 13.9. The fourth-order valence-electron chi connectivity index (χ4n) is 1.80. The van der Waals surface area contributed by atoms with Crippen LogP contribution in [0.2, 0.25) is 0 Å². The first-order valence-electron chi connectivity index (χ1n) is 6.15. The molecule has 2 heteroatoms. The van der Waals surface area contributed by atoms with Gasteiger partial charge in [0, 0.05) is 17.4 Å². The minimum atomic E-state index is -0.191. The Morgan fingerprint density at radius 3 is 2.12 bits per heavy atom. The Morgan fingerprint density at radius 1 is 1.18 bits per heavy atom. The van der Waals surface area contributed by atoms with Crippen molar-refractivity contribution in [2.45, 2.75) is 40.7 Å². The summed E-state index contributed by atoms with van der Waals surface area (Å²) in [4.78, 5) is 2.25. The number of nitrogens with zero attached hydrogens (tertiary/aromatic N) is 1. The lowest BCUT2D eigenvalue weighted by molar-refractivity contribution is 0.506. The van der Waals surface area contributed by atoms with Crippen LogP contribution in [-0.4, -0.2) is 6.04 Å². The maximum atomic E-state index is 13.0. The van der Waals surface area contributed by atoms with E-state index >= 15 is 0 Å². The van der Waals surface area contributed by atoms with Crippen LogP contribution < -0.4 is 4.90 Å². The van der Waals surface area contributed by atoms with E-state index in [0.29, 0.717) is 12.0 Å². The van der Waals surface area contributed by atoms with Crippen LogP contribution in [0.5, 0.6) is 0 Å². The van der Waals surface area contributed by atoms with Crippen LogP contribution in [0.15, 0.2) is 36.0 Å². The molecular weight excluding hydrogens is 213 g/mol. The number of hydrogen-bond acceptors (Lipinski definition) is 1. The van der Waals surface area contributed by atoms with E-state index in [2.05, 4.69) is 38.7 Å². The van der Waals surface area contributed by atoms with E-state index in [1.54, 1.807) is 0 Å². The maximum Gasteiger partial charge on any atom is 0.123 e. The number of benzene rings is 1. The van der Waals surface area contributed by atoms with Crippen molar-refractivity contribution in [3.63, 3.8) is 0 Å². The van der Waals surface area contributed by atoms with Crippen LogP contribution in [0.25, 0.3) is 0 Å². The Kier molecular flexibility index (Phi) is 4.73. The van der Waals surface area contributed by atoms with Crippen molar-refractivity contribution in [3.05, 3.63) is 41.9 Å². The largest absolute Gasteiger partial charge is 0.343 e. The van der Waals surface area contributed by atoms with Crippen molar-refractivity contribution in [2.75, 3.05) is 4.90 Å². The molecule has 1 atom stereocenters. The lowest BCUT2D eigenvalue weighted by atomic mass is 10.0. The maximum absolute atomic E-state index is 13.0. The molecule has 0 saturated heterocycles. The van der Waals surface area contributed by atoms with E-state index in [-0.39, 0.29) is 5.82 Å². The van der Waals surface area contributed by atoms with E-state index in [0.717, 1.165) is 5.69 Å². The molecule has 1 rings (SSSR count). The van der Waals surface area contributed by atoms with Crippen LogP contribution in [0, 0.1) is 11.7 Å². The van der Waals surface area contributed by atoms with Crippen molar-refractivity contribution < 1.29 is 4.39 Å². The first-order valence-corrected chi connectivity index (χ1v) is 6.15. The topological polar surface area (TPSA) is 3.24 Å². The molecule has 0 heterocycles. The summed E-state index contributed by atoms with van der Waals surface area (Å²) in [7, 11) is 0. The molecule has 0 fully saturated rings. The van der Waals surface area contributed by atoms with Gasteiger partial charge in [-0.05, 0) is 51.0 Å². The molecular formula is C15H22FN. The third-order valence-electron chi connectivity index (χ3n) is 3.27. The van der Waals surface area contributed by atoms with Crippen molar-refractivity contribution in [3.8, 4) is 0 Å². The molecule has 1 aromatic rings. The van der Waals surface area contributed by atoms with E-state index in [1.807, 2.05) is 19.1 Å². The van der Waals surface area contributed by atoms with E-state index in [4.69, 9.17) is 0 Å². The van der Waals surface area contributed by atoms with E-state index in [9.17, 15) is 4.39 Å². The van der Waals surface area contributed by atoms with Crippen molar-refractivity contribution >= 4 is 5.69 Å². The quantitative estimate of drug-likeness (QED) is 0.737. The highest BCUT2D eigenvalue weighted by atomic mass is 19.1. The second-order valence-corrected chi connectivity index (χ2v) is 4.76. The molecule has 0 radical (unpaired) electrons. The van der Waals surface area contributed by atoms with Gasteiger partial charge in [-0.15, -0.1) is 0 Å². The Labute approximate surface area is 104 Å². The second-order valence-electron chi connectivity index (χ2n) is 4.76. The summed E-state index contributed by atoms with van der Waals surface area (Å²) < 4.78 is 13.0. The van der Waals surface area contributed by atoms with Crippen LogP contribution in [0.3, 0.4) is 0 Å². The van der Waals surface area contributed by atoms with Gasteiger partial charge in [0.15, 0.2) is 0 Å². The summed E-state index contributed by atoms with van der Waals surface area (Å²) >= 11 is 0. The lowest BCUT2D eigenvalue weighted by Gasteiger charge is -2.34. The molecule has 0 aliphatic rings. The third-order valence-corrected chi connectivity index (χ3v) is 3.27. The number of anilines is 1. The van der Waals surface area contributed by atoms with Gasteiger partial charge in [-0.2, -0.15) is 0 Å². The molecule has 0 aromatic heterocycles. The highest BCUT2D eigenvalue weighted by molar-refractivity contribution is 5.52. The van der Waals surface area contributed by atoms with Gasteiger partial charge < -0.3 is 4.90 Å². The highest BCUT2D eigenvalue weighted by Gasteiger charge is 2.18. The van der Waals surface area contributed by atoms with Crippen LogP contribution in [0.4, 0.5) is 10.1 Å². The third kappa shape index (κ3) is 3.32. The molecule has 0 N–H and O–H groups in total. The first kappa shape index (κ1) is 13.8. The minimum absolute atomic E-state index is 0.191. The Hall–Kier alpha value is -1.31. The molecule has 94 valence electrons. The average Bonchev–Trinajstić information content (AvgIpc) is 2.31. The first-order chi connectivity index (χ1) is 7.97. The minimum Gasteiger partial charge on any atom is -0.343 e. The van der Waals surface area contributed by atoms with E-state index in [1.165, 1.54) is 17.8 Å². The van der Waals surface area contributed by atoms with Crippen molar-refractivity contribution in [2.24, 2.45) is 5.92 Å². The lowest BCUT2D eigenvalue weighted by Crippen LogP contribution is -2.35. The molecule has 0 spiro atoms. The summed E-state index contributed by atoms with van der Waals surface area (Å²) in [5, 5.41) is 0. The monoisotopic (exact) mass is 235 g/mol. The predicted molar refractivity (Wildman–Crippen MR) is 72.6 cm³/mol. The van der Waals surface area contributed by atoms with Gasteiger partial charge >= 0.3 is 0 Å². The SMILES string of the molecule is C/C=C(\C)N(c1ccc(F)cc1)C(C)C(C)C. The second kappa shape index (κ2) is 5.85. The zero-order valence-corrected chi connectivity index (χ0v) is 11.4. The van der Waals surface area contributed by atoms with Gasteiger partial charge in [-0.25, -0.2) is 4.39 Å². The van der Waals surface area contributed by atoms with Crippen molar-refractivity contribution in [1.82, 2.24) is 0 Å². The Bertz CT molecular complexity index is 378. The van der Waals surface area contributed by atoms with Gasteiger partial charge in [0.1, 0.15) is 5.82 Å². The summed E-state index contributed by atoms with van der Waals surface area (Å²) in [5.74, 6) is 0.346. The highest BCUT2D eigenvalue weighted by Crippen LogP contribution is 2.25. The number of rotatable bonds is 4. The van der Waals surface area contributed by atoms with E-state index < -0.39 is 0 Å². The zero-order chi connectivity index (χ0) is 13.0. The standard InChI is InChI=1S/C15H22FN/c1-6-12(4)17(13(5)11(2)3)15-9-7-14(16)8-10-15/h6-11,13H,1-5H3/b12-6+. The predicted octanol–water partition coefficient (Wildman–Crippen LogP) is 4.60. The number of halogens is 1. The number of hydrogen-bond donors (Lipinski definition) is 0. The van der Waals surface area contributed by atoms with Gasteiger partial charge in [0.05, 0.1) is 0 Å². The Balaban J connectivity index is 3.10. The zero-order valence-electron chi connectivity index (χ0n) is 11.4. The van der Waals surface area contributed by atoms with Gasteiger partial charge in [-0.3, -0.25) is 0 Å². The number of allylic oxidation sites excluding steroid dienone is 2. The molecule has 0 aliphatic heterocycles. The molecule has 17 heavy (non-hydrogen) atoms. The molecule has 0 bridgehead atoms. The summed E-state index contributed by atoms with van der Waals surface area (Å²) in [6, 6.07) is 7.08. The summed E-state index contributed by atoms with van der Waals surface area (Å²) in [5.41, 5.74) is 2.24. The molecule has 0 aliphatic carbocycles. The smallest absolute Gasteiger partial charge is 0.123 e. The molecule has 1 unspecified atom stereocenters. The summed E-state index contributed by atoms with van der Waals surface area (Å²) in [6.45, 7) is 10.7. The van der Waals surface area contributed by atoms with Crippen LogP contribution >= 0.6 is 0 Å². The molecule has 1 nitrogen and oxygen atoms in total. The van der Waals surface area contributed by atoms with Gasteiger partial charge in [0.2, 0.25) is 0 Å². The average molecular weight is 235 g/mol. The fraction of sp³-hybridized carbons (Fsp3) is 0.467. The Morgan fingerprint density at radius 2 is 1.71 bits per heavy atom. The molecule has 1 aromatic carbocycles. The van der Waals surface area contributed by atoms with Gasteiger partial charge in [-0.1, -0.05) is 19.9 Å². The van der Waals surface area contributed by atoms with Crippen LogP contribution in [0.1, 0.15) is 34.6 Å². The van der Waals surface area contributed by atoms with Crippen LogP contribution in [-0.2, 0) is 0 Å². The molecule has 0 amide bonds. The van der Waals surface area contributed by atoms with Crippen molar-refractivity contribution in [1.29, 1.82) is 0 Å². The summed E-state index contributed by atoms with van der Waals surface area (Å²) in [6.07, 6.45) is 2.09. The fourth-order valence-corrected chi connectivity index (χ4v) is 1.80.